The van der Waals surface area contributed by atoms with E-state index in [9.17, 15) is 18.0 Å². The largest absolute Gasteiger partial charge is 0.426 e. The second kappa shape index (κ2) is 6.64. The van der Waals surface area contributed by atoms with Gasteiger partial charge in [-0.15, -0.1) is 11.3 Å². The highest BCUT2D eigenvalue weighted by Gasteiger charge is 2.38. The summed E-state index contributed by atoms with van der Waals surface area (Å²) in [5.41, 5.74) is 0.764. The van der Waals surface area contributed by atoms with Crippen LogP contribution in [0.15, 0.2) is 30.3 Å². The third kappa shape index (κ3) is 3.77. The first-order chi connectivity index (χ1) is 11.8. The van der Waals surface area contributed by atoms with Gasteiger partial charge in [-0.05, 0) is 19.4 Å². The van der Waals surface area contributed by atoms with Crippen molar-refractivity contribution in [3.05, 3.63) is 35.2 Å². The van der Waals surface area contributed by atoms with Gasteiger partial charge in [-0.3, -0.25) is 5.32 Å². The summed E-state index contributed by atoms with van der Waals surface area (Å²) < 4.78 is 40.7. The lowest BCUT2D eigenvalue weighted by Crippen LogP contribution is -2.34. The average molecular weight is 385 g/mol. The van der Waals surface area contributed by atoms with E-state index in [1.54, 1.807) is 30.3 Å². The van der Waals surface area contributed by atoms with E-state index in [1.807, 2.05) is 13.8 Å². The molecule has 3 aromatic rings. The van der Waals surface area contributed by atoms with Crippen molar-refractivity contribution in [2.75, 3.05) is 5.32 Å². The Kier molecular flexibility index (Phi) is 4.70. The standard InChI is InChI=1S/C16H14F3N3OS2/c1-8(2)20-14(23)22-15-21-11-10(9-6-4-3-5-7-9)12(16(17,18)19)24-13(11)25-15/h3-8H,1-2H3,(H2,20,21,22,23). The first-order valence-electron chi connectivity index (χ1n) is 7.39. The van der Waals surface area contributed by atoms with Crippen LogP contribution in [0.2, 0.25) is 0 Å². The number of thiazole rings is 1. The van der Waals surface area contributed by atoms with Crippen LogP contribution in [0.5, 0.6) is 0 Å². The van der Waals surface area contributed by atoms with Crippen LogP contribution in [0.3, 0.4) is 0 Å². The van der Waals surface area contributed by atoms with Gasteiger partial charge < -0.3 is 5.32 Å². The van der Waals surface area contributed by atoms with Crippen molar-refractivity contribution in [1.82, 2.24) is 10.3 Å². The Morgan fingerprint density at radius 1 is 1.16 bits per heavy atom. The number of nitrogens with one attached hydrogen (secondary N) is 2. The zero-order valence-electron chi connectivity index (χ0n) is 13.3. The molecule has 0 radical (unpaired) electrons. The third-order valence-corrected chi connectivity index (χ3v) is 5.50. The van der Waals surface area contributed by atoms with Gasteiger partial charge in [0.1, 0.15) is 14.4 Å². The van der Waals surface area contributed by atoms with Crippen LogP contribution >= 0.6 is 22.7 Å². The highest BCUT2D eigenvalue weighted by atomic mass is 32.2. The lowest BCUT2D eigenvalue weighted by atomic mass is 10.1. The normalized spacial score (nSPS) is 11.9. The quantitative estimate of drug-likeness (QED) is 0.619. The fourth-order valence-electron chi connectivity index (χ4n) is 2.31. The van der Waals surface area contributed by atoms with Crippen LogP contribution < -0.4 is 10.6 Å². The molecule has 0 unspecified atom stereocenters. The van der Waals surface area contributed by atoms with Crippen molar-refractivity contribution in [2.45, 2.75) is 26.1 Å². The van der Waals surface area contributed by atoms with Gasteiger partial charge in [-0.25, -0.2) is 9.78 Å². The monoisotopic (exact) mass is 385 g/mol. The molecule has 25 heavy (non-hydrogen) atoms. The van der Waals surface area contributed by atoms with Gasteiger partial charge in [0.15, 0.2) is 5.13 Å². The summed E-state index contributed by atoms with van der Waals surface area (Å²) in [6.07, 6.45) is -4.46. The Hall–Kier alpha value is -2.13. The number of fused-ring (bicyclic) bond motifs is 1. The molecule has 0 aliphatic rings. The number of urea groups is 1. The number of carbonyl (C=O) groups is 1. The summed E-state index contributed by atoms with van der Waals surface area (Å²) in [7, 11) is 0. The van der Waals surface area contributed by atoms with Crippen molar-refractivity contribution in [3.63, 3.8) is 0 Å². The molecular weight excluding hydrogens is 371 g/mol. The minimum absolute atomic E-state index is 0.0571. The topological polar surface area (TPSA) is 54.0 Å². The summed E-state index contributed by atoms with van der Waals surface area (Å²) in [6, 6.07) is 7.85. The summed E-state index contributed by atoms with van der Waals surface area (Å²) in [6.45, 7) is 3.62. The molecule has 0 aliphatic heterocycles. The number of carbonyl (C=O) groups excluding carboxylic acids is 1. The van der Waals surface area contributed by atoms with Gasteiger partial charge in [-0.2, -0.15) is 13.2 Å². The average Bonchev–Trinajstić information content (AvgIpc) is 3.03. The third-order valence-electron chi connectivity index (χ3n) is 3.21. The summed E-state index contributed by atoms with van der Waals surface area (Å²) >= 11 is 1.68. The molecule has 0 spiro atoms. The first kappa shape index (κ1) is 17.7. The maximum atomic E-state index is 13.4. The molecule has 0 aliphatic carbocycles. The number of alkyl halides is 3. The molecule has 0 saturated carbocycles. The van der Waals surface area contributed by atoms with E-state index in [2.05, 4.69) is 15.6 Å². The number of halogens is 3. The Bertz CT molecular complexity index is 901. The fourth-order valence-corrected chi connectivity index (χ4v) is 4.52. The van der Waals surface area contributed by atoms with E-state index in [0.717, 1.165) is 11.3 Å². The summed E-state index contributed by atoms with van der Waals surface area (Å²) in [4.78, 5) is 15.3. The van der Waals surface area contributed by atoms with Crippen molar-refractivity contribution in [3.8, 4) is 11.1 Å². The van der Waals surface area contributed by atoms with Gasteiger partial charge >= 0.3 is 12.2 Å². The molecule has 0 saturated heterocycles. The lowest BCUT2D eigenvalue weighted by Gasteiger charge is -2.09. The van der Waals surface area contributed by atoms with Crippen LogP contribution in [0, 0.1) is 0 Å². The van der Waals surface area contributed by atoms with E-state index in [-0.39, 0.29) is 22.3 Å². The van der Waals surface area contributed by atoms with Crippen molar-refractivity contribution in [1.29, 1.82) is 0 Å². The fraction of sp³-hybridized carbons (Fsp3) is 0.250. The van der Waals surface area contributed by atoms with E-state index in [1.165, 1.54) is 0 Å². The number of thiophene rings is 1. The molecule has 2 amide bonds. The van der Waals surface area contributed by atoms with Crippen LogP contribution in [0.1, 0.15) is 18.7 Å². The molecule has 2 heterocycles. The zero-order chi connectivity index (χ0) is 18.2. The highest BCUT2D eigenvalue weighted by Crippen LogP contribution is 2.49. The molecule has 2 aromatic heterocycles. The number of nitrogens with zero attached hydrogens (tertiary/aromatic N) is 1. The van der Waals surface area contributed by atoms with E-state index < -0.39 is 17.1 Å². The second-order valence-corrected chi connectivity index (χ2v) is 7.86. The maximum absolute atomic E-state index is 13.4. The van der Waals surface area contributed by atoms with Crippen LogP contribution in [-0.2, 0) is 6.18 Å². The summed E-state index contributed by atoms with van der Waals surface area (Å²) in [5, 5.41) is 5.49. The van der Waals surface area contributed by atoms with E-state index in [0.29, 0.717) is 20.9 Å². The SMILES string of the molecule is CC(C)NC(=O)Nc1nc2c(-c3ccccc3)c(C(F)(F)F)sc2s1. The Morgan fingerprint density at radius 2 is 1.84 bits per heavy atom. The highest BCUT2D eigenvalue weighted by molar-refractivity contribution is 7.40. The van der Waals surface area contributed by atoms with Crippen molar-refractivity contribution >= 4 is 43.4 Å². The number of hydrogen-bond donors (Lipinski definition) is 2. The molecule has 0 atom stereocenters. The number of benzene rings is 1. The molecule has 0 bridgehead atoms. The number of hydrogen-bond acceptors (Lipinski definition) is 4. The lowest BCUT2D eigenvalue weighted by molar-refractivity contribution is -0.133. The number of aromatic nitrogens is 1. The molecule has 4 nitrogen and oxygen atoms in total. The Labute approximate surface area is 149 Å². The van der Waals surface area contributed by atoms with Crippen molar-refractivity contribution < 1.29 is 18.0 Å². The molecule has 132 valence electrons. The number of rotatable bonds is 3. The molecule has 9 heteroatoms. The van der Waals surface area contributed by atoms with Gasteiger partial charge in [0.25, 0.3) is 0 Å². The van der Waals surface area contributed by atoms with Gasteiger partial charge in [0.05, 0.1) is 0 Å². The number of amides is 2. The Morgan fingerprint density at radius 3 is 2.44 bits per heavy atom. The number of anilines is 1. The molecule has 3 rings (SSSR count). The van der Waals surface area contributed by atoms with Gasteiger partial charge in [0.2, 0.25) is 0 Å². The van der Waals surface area contributed by atoms with E-state index in [4.69, 9.17) is 0 Å². The van der Waals surface area contributed by atoms with E-state index >= 15 is 0 Å². The van der Waals surface area contributed by atoms with Crippen LogP contribution in [0.4, 0.5) is 23.1 Å². The molecular formula is C16H14F3N3OS2. The predicted octanol–water partition coefficient (Wildman–Crippen LogP) is 5.57. The minimum atomic E-state index is -4.46. The predicted molar refractivity (Wildman–Crippen MR) is 95.2 cm³/mol. The van der Waals surface area contributed by atoms with Gasteiger partial charge in [0, 0.05) is 11.6 Å². The first-order valence-corrected chi connectivity index (χ1v) is 9.02. The van der Waals surface area contributed by atoms with Crippen LogP contribution in [0.25, 0.3) is 20.7 Å². The zero-order valence-corrected chi connectivity index (χ0v) is 14.9. The molecule has 1 aromatic carbocycles. The van der Waals surface area contributed by atoms with Crippen LogP contribution in [-0.4, -0.2) is 17.1 Å². The molecule has 2 N–H and O–H groups in total. The minimum Gasteiger partial charge on any atom is -0.336 e. The summed E-state index contributed by atoms with van der Waals surface area (Å²) in [5.74, 6) is 0. The maximum Gasteiger partial charge on any atom is 0.426 e. The van der Waals surface area contributed by atoms with Crippen molar-refractivity contribution in [2.24, 2.45) is 0 Å². The smallest absolute Gasteiger partial charge is 0.336 e. The van der Waals surface area contributed by atoms with Gasteiger partial charge in [-0.1, -0.05) is 41.7 Å². The second-order valence-electron chi connectivity index (χ2n) is 5.58. The Balaban J connectivity index is 2.06. The molecule has 0 fully saturated rings.